The van der Waals surface area contributed by atoms with E-state index in [-0.39, 0.29) is 5.78 Å². The predicted molar refractivity (Wildman–Crippen MR) is 92.6 cm³/mol. The molecule has 0 aliphatic carbocycles. The van der Waals surface area contributed by atoms with Crippen LogP contribution in [0.15, 0.2) is 24.3 Å². The van der Waals surface area contributed by atoms with E-state index in [2.05, 4.69) is 10.4 Å². The number of hydrogen-bond acceptors (Lipinski definition) is 5. The van der Waals surface area contributed by atoms with Crippen LogP contribution in [0.4, 0.5) is 5.69 Å². The quantitative estimate of drug-likeness (QED) is 0.665. The summed E-state index contributed by atoms with van der Waals surface area (Å²) in [5, 5.41) is 6.79. The van der Waals surface area contributed by atoms with Crippen LogP contribution in [0.3, 0.4) is 0 Å². The van der Waals surface area contributed by atoms with Crippen molar-refractivity contribution >= 4 is 23.3 Å². The number of amides is 1. The van der Waals surface area contributed by atoms with Crippen molar-refractivity contribution in [2.75, 3.05) is 5.32 Å². The Morgan fingerprint density at radius 3 is 2.40 bits per heavy atom. The SMILES string of the molecule is CC(=O)c1ccccc1NC(=O)C(C)OC(=O)c1c(C)nn(C)c1C. The third kappa shape index (κ3) is 3.93. The molecule has 1 atom stereocenters. The fraction of sp³-hybridized carbons (Fsp3) is 0.333. The molecule has 0 saturated carbocycles. The lowest BCUT2D eigenvalue weighted by atomic mass is 10.1. The molecule has 7 nitrogen and oxygen atoms in total. The number of nitrogens with one attached hydrogen (secondary N) is 1. The molecule has 0 aliphatic rings. The summed E-state index contributed by atoms with van der Waals surface area (Å²) >= 11 is 0. The summed E-state index contributed by atoms with van der Waals surface area (Å²) in [6, 6.07) is 6.67. The number of Topliss-reactive ketones (excluding diaryl/α,β-unsaturated/α-hetero) is 1. The Hall–Kier alpha value is -2.96. The van der Waals surface area contributed by atoms with Crippen LogP contribution in [0, 0.1) is 13.8 Å². The zero-order valence-corrected chi connectivity index (χ0v) is 14.9. The van der Waals surface area contributed by atoms with E-state index >= 15 is 0 Å². The normalized spacial score (nSPS) is 11.7. The minimum Gasteiger partial charge on any atom is -0.449 e. The van der Waals surface area contributed by atoms with E-state index in [1.54, 1.807) is 49.8 Å². The number of aromatic nitrogens is 2. The van der Waals surface area contributed by atoms with Crippen molar-refractivity contribution in [3.63, 3.8) is 0 Å². The highest BCUT2D eigenvalue weighted by Crippen LogP contribution is 2.17. The molecular formula is C18H21N3O4. The number of carbonyl (C=O) groups excluding carboxylic acids is 3. The van der Waals surface area contributed by atoms with E-state index < -0.39 is 18.0 Å². The van der Waals surface area contributed by atoms with Crippen molar-refractivity contribution in [3.05, 3.63) is 46.8 Å². The fourth-order valence-electron chi connectivity index (χ4n) is 2.48. The predicted octanol–water partition coefficient (Wildman–Crippen LogP) is 2.42. The molecule has 0 radical (unpaired) electrons. The molecule has 0 bridgehead atoms. The molecule has 1 aromatic carbocycles. The van der Waals surface area contributed by atoms with Gasteiger partial charge in [0, 0.05) is 18.3 Å². The Labute approximate surface area is 146 Å². The van der Waals surface area contributed by atoms with E-state index in [1.807, 2.05) is 0 Å². The van der Waals surface area contributed by atoms with Gasteiger partial charge in [0.1, 0.15) is 5.56 Å². The summed E-state index contributed by atoms with van der Waals surface area (Å²) < 4.78 is 6.84. The molecule has 7 heteroatoms. The van der Waals surface area contributed by atoms with Gasteiger partial charge in [-0.3, -0.25) is 14.3 Å². The van der Waals surface area contributed by atoms with Crippen LogP contribution in [0.25, 0.3) is 0 Å². The largest absolute Gasteiger partial charge is 0.449 e. The van der Waals surface area contributed by atoms with E-state index in [1.165, 1.54) is 13.8 Å². The highest BCUT2D eigenvalue weighted by molar-refractivity contribution is 6.05. The standard InChI is InChI=1S/C18H21N3O4/c1-10-16(11(2)21(5)20-10)18(24)25-13(4)17(23)19-15-9-7-6-8-14(15)12(3)22/h6-9,13H,1-5H3,(H,19,23). The second-order valence-corrected chi connectivity index (χ2v) is 5.81. The lowest BCUT2D eigenvalue weighted by Gasteiger charge is -2.15. The Morgan fingerprint density at radius 1 is 1.20 bits per heavy atom. The summed E-state index contributed by atoms with van der Waals surface area (Å²) in [6.45, 7) is 6.36. The number of rotatable bonds is 5. The molecule has 2 rings (SSSR count). The molecule has 1 heterocycles. The number of carbonyl (C=O) groups is 3. The number of para-hydroxylation sites is 1. The van der Waals surface area contributed by atoms with Crippen LogP contribution < -0.4 is 5.32 Å². The molecule has 25 heavy (non-hydrogen) atoms. The lowest BCUT2D eigenvalue weighted by Crippen LogP contribution is -2.30. The van der Waals surface area contributed by atoms with Crippen molar-refractivity contribution in [3.8, 4) is 0 Å². The van der Waals surface area contributed by atoms with Crippen LogP contribution in [-0.4, -0.2) is 33.5 Å². The number of benzene rings is 1. The Bertz CT molecular complexity index is 839. The van der Waals surface area contributed by atoms with Gasteiger partial charge in [0.2, 0.25) is 0 Å². The number of aryl methyl sites for hydroxylation is 2. The van der Waals surface area contributed by atoms with E-state index in [4.69, 9.17) is 4.74 Å². The van der Waals surface area contributed by atoms with Crippen LogP contribution in [0.1, 0.15) is 46.0 Å². The van der Waals surface area contributed by atoms with Gasteiger partial charge in [0.25, 0.3) is 5.91 Å². The van der Waals surface area contributed by atoms with Crippen molar-refractivity contribution in [1.82, 2.24) is 9.78 Å². The van der Waals surface area contributed by atoms with Gasteiger partial charge in [-0.25, -0.2) is 4.79 Å². The fourth-order valence-corrected chi connectivity index (χ4v) is 2.48. The molecule has 1 unspecified atom stereocenters. The topological polar surface area (TPSA) is 90.3 Å². The van der Waals surface area contributed by atoms with E-state index in [0.717, 1.165) is 0 Å². The van der Waals surface area contributed by atoms with Gasteiger partial charge in [-0.1, -0.05) is 12.1 Å². The molecule has 0 aliphatic heterocycles. The van der Waals surface area contributed by atoms with Gasteiger partial charge in [-0.2, -0.15) is 5.10 Å². The Morgan fingerprint density at radius 2 is 1.84 bits per heavy atom. The number of hydrogen-bond donors (Lipinski definition) is 1. The number of anilines is 1. The van der Waals surface area contributed by atoms with Crippen LogP contribution in [0.2, 0.25) is 0 Å². The second kappa shape index (κ2) is 7.29. The molecular weight excluding hydrogens is 322 g/mol. The maximum atomic E-state index is 12.3. The third-order valence-electron chi connectivity index (χ3n) is 3.93. The Balaban J connectivity index is 2.11. The molecule has 0 spiro atoms. The van der Waals surface area contributed by atoms with Crippen molar-refractivity contribution in [2.45, 2.75) is 33.8 Å². The van der Waals surface area contributed by atoms with Crippen LogP contribution >= 0.6 is 0 Å². The summed E-state index contributed by atoms with van der Waals surface area (Å²) in [6.07, 6.45) is -1.02. The highest BCUT2D eigenvalue weighted by atomic mass is 16.5. The first-order valence-corrected chi connectivity index (χ1v) is 7.84. The molecule has 2 aromatic rings. The monoisotopic (exact) mass is 343 g/mol. The first-order valence-electron chi connectivity index (χ1n) is 7.84. The Kier molecular flexibility index (Phi) is 5.36. The summed E-state index contributed by atoms with van der Waals surface area (Å²) in [4.78, 5) is 36.3. The number of ketones is 1. The summed E-state index contributed by atoms with van der Waals surface area (Å²) in [5.41, 5.74) is 2.34. The number of esters is 1. The van der Waals surface area contributed by atoms with E-state index in [9.17, 15) is 14.4 Å². The smallest absolute Gasteiger partial charge is 0.342 e. The number of ether oxygens (including phenoxy) is 1. The molecule has 1 amide bonds. The average molecular weight is 343 g/mol. The van der Waals surface area contributed by atoms with Gasteiger partial charge < -0.3 is 10.1 Å². The zero-order valence-electron chi connectivity index (χ0n) is 14.9. The van der Waals surface area contributed by atoms with Gasteiger partial charge >= 0.3 is 5.97 Å². The average Bonchev–Trinajstić information content (AvgIpc) is 2.80. The van der Waals surface area contributed by atoms with Crippen molar-refractivity contribution in [2.24, 2.45) is 7.05 Å². The van der Waals surface area contributed by atoms with Gasteiger partial charge in [0.05, 0.1) is 11.4 Å². The third-order valence-corrected chi connectivity index (χ3v) is 3.93. The molecule has 132 valence electrons. The minimum atomic E-state index is -1.02. The van der Waals surface area contributed by atoms with Gasteiger partial charge in [-0.05, 0) is 39.8 Å². The first kappa shape index (κ1) is 18.4. The minimum absolute atomic E-state index is 0.165. The molecule has 1 aromatic heterocycles. The van der Waals surface area contributed by atoms with Crippen molar-refractivity contribution in [1.29, 1.82) is 0 Å². The second-order valence-electron chi connectivity index (χ2n) is 5.81. The maximum Gasteiger partial charge on any atom is 0.342 e. The summed E-state index contributed by atoms with van der Waals surface area (Å²) in [7, 11) is 1.73. The summed E-state index contributed by atoms with van der Waals surface area (Å²) in [5.74, 6) is -1.28. The van der Waals surface area contributed by atoms with Gasteiger partial charge in [-0.15, -0.1) is 0 Å². The zero-order chi connectivity index (χ0) is 18.7. The highest BCUT2D eigenvalue weighted by Gasteiger charge is 2.24. The van der Waals surface area contributed by atoms with E-state index in [0.29, 0.717) is 28.2 Å². The molecule has 0 saturated heterocycles. The van der Waals surface area contributed by atoms with Gasteiger partial charge in [0.15, 0.2) is 11.9 Å². The maximum absolute atomic E-state index is 12.3. The van der Waals surface area contributed by atoms with Crippen molar-refractivity contribution < 1.29 is 19.1 Å². The van der Waals surface area contributed by atoms with Crippen LogP contribution in [-0.2, 0) is 16.6 Å². The lowest BCUT2D eigenvalue weighted by molar-refractivity contribution is -0.123. The number of nitrogens with zero attached hydrogens (tertiary/aromatic N) is 2. The van der Waals surface area contributed by atoms with Crippen LogP contribution in [0.5, 0.6) is 0 Å². The molecule has 1 N–H and O–H groups in total. The molecule has 0 fully saturated rings. The first-order chi connectivity index (χ1) is 11.7.